The Morgan fingerprint density at radius 1 is 1.19 bits per heavy atom. The predicted octanol–water partition coefficient (Wildman–Crippen LogP) is 1.58. The number of nitrogens with one attached hydrogen (secondary N) is 1. The number of nitrogens with zero attached hydrogens (tertiary/aromatic N) is 4. The minimum atomic E-state index is -3.77. The molecule has 2 fully saturated rings. The van der Waals surface area contributed by atoms with Crippen LogP contribution in [0.1, 0.15) is 44.6 Å². The molecule has 2 aliphatic carbocycles. The third-order valence-corrected chi connectivity index (χ3v) is 8.29. The molecule has 0 saturated heterocycles. The van der Waals surface area contributed by atoms with Crippen LogP contribution < -0.4 is 16.0 Å². The van der Waals surface area contributed by atoms with Crippen LogP contribution in [0.15, 0.2) is 45.1 Å². The highest BCUT2D eigenvalue weighted by atomic mass is 32.2. The molecule has 0 radical (unpaired) electrons. The van der Waals surface area contributed by atoms with Crippen molar-refractivity contribution in [2.75, 3.05) is 0 Å². The van der Waals surface area contributed by atoms with Crippen molar-refractivity contribution >= 4 is 20.9 Å². The van der Waals surface area contributed by atoms with E-state index in [1.807, 2.05) is 6.92 Å². The first-order valence-corrected chi connectivity index (χ1v) is 12.4. The predicted molar refractivity (Wildman–Crippen MR) is 120 cm³/mol. The van der Waals surface area contributed by atoms with Crippen LogP contribution in [0.5, 0.6) is 0 Å². The first-order chi connectivity index (χ1) is 15.2. The van der Waals surface area contributed by atoms with Gasteiger partial charge in [-0.2, -0.15) is 5.10 Å². The van der Waals surface area contributed by atoms with Crippen LogP contribution in [0, 0.1) is 5.92 Å². The maximum atomic E-state index is 13.4. The number of hydrogen-bond donors (Lipinski definition) is 1. The molecule has 1 N–H and O–H groups in total. The van der Waals surface area contributed by atoms with Crippen LogP contribution in [-0.2, 0) is 30.2 Å². The average molecular weight is 458 g/mol. The molecule has 10 heteroatoms. The molecule has 2 saturated carbocycles. The second-order valence-electron chi connectivity index (χ2n) is 9.45. The van der Waals surface area contributed by atoms with Crippen LogP contribution in [-0.4, -0.2) is 32.9 Å². The maximum absolute atomic E-state index is 13.4. The van der Waals surface area contributed by atoms with Gasteiger partial charge >= 0.3 is 5.69 Å². The van der Waals surface area contributed by atoms with E-state index in [0.29, 0.717) is 18.0 Å². The monoisotopic (exact) mass is 457 g/mol. The fraction of sp³-hybridized carbons (Fsp3) is 0.500. The number of sulfonamides is 1. The van der Waals surface area contributed by atoms with E-state index in [0.717, 1.165) is 37.7 Å². The highest BCUT2D eigenvalue weighted by Gasteiger charge is 2.41. The topological polar surface area (TPSA) is 108 Å². The van der Waals surface area contributed by atoms with Gasteiger partial charge in [-0.05, 0) is 56.7 Å². The Balaban J connectivity index is 1.66. The summed E-state index contributed by atoms with van der Waals surface area (Å²) in [7, 11) is -2.00. The lowest BCUT2D eigenvalue weighted by Gasteiger charge is -2.27. The van der Waals surface area contributed by atoms with E-state index in [-0.39, 0.29) is 22.5 Å². The summed E-state index contributed by atoms with van der Waals surface area (Å²) >= 11 is 0. The van der Waals surface area contributed by atoms with Crippen LogP contribution in [0.25, 0.3) is 10.9 Å². The molecule has 0 unspecified atom stereocenters. The summed E-state index contributed by atoms with van der Waals surface area (Å²) in [4.78, 5) is 26.7. The van der Waals surface area contributed by atoms with Crippen molar-refractivity contribution in [3.8, 4) is 0 Å². The maximum Gasteiger partial charge on any atom is 0.331 e. The van der Waals surface area contributed by atoms with Gasteiger partial charge in [0.25, 0.3) is 5.56 Å². The van der Waals surface area contributed by atoms with E-state index in [2.05, 4.69) is 9.82 Å². The summed E-state index contributed by atoms with van der Waals surface area (Å²) in [5, 5.41) is 4.35. The molecular weight excluding hydrogens is 430 g/mol. The van der Waals surface area contributed by atoms with Gasteiger partial charge in [0.1, 0.15) is 0 Å². The molecule has 0 amide bonds. The van der Waals surface area contributed by atoms with E-state index in [4.69, 9.17) is 0 Å². The molecule has 1 aromatic carbocycles. The first kappa shape index (κ1) is 21.1. The number of aryl methyl sites for hydroxylation is 1. The molecule has 0 aliphatic heterocycles. The summed E-state index contributed by atoms with van der Waals surface area (Å²) in [6.07, 6.45) is 8.19. The summed E-state index contributed by atoms with van der Waals surface area (Å²) in [5.74, 6) is 0.389. The third kappa shape index (κ3) is 3.81. The standard InChI is InChI=1S/C22H27N5O4S/c1-22(8-9-22)24-32(30,31)17-6-7-19-18(10-17)20(28)27(14-16-11-23-25(2)12-16)21(29)26(19)13-15-4-3-5-15/h6-7,10-12,15,24H,3-5,8-9,13-14H2,1-2H3. The molecule has 0 spiro atoms. The van der Waals surface area contributed by atoms with E-state index in [1.165, 1.54) is 16.7 Å². The van der Waals surface area contributed by atoms with E-state index in [1.54, 1.807) is 34.8 Å². The molecule has 3 aromatic rings. The van der Waals surface area contributed by atoms with Crippen molar-refractivity contribution in [2.45, 2.75) is 62.6 Å². The lowest BCUT2D eigenvalue weighted by Crippen LogP contribution is -2.42. The molecule has 5 rings (SSSR count). The van der Waals surface area contributed by atoms with Crippen molar-refractivity contribution in [1.29, 1.82) is 0 Å². The lowest BCUT2D eigenvalue weighted by atomic mass is 9.85. The zero-order chi connectivity index (χ0) is 22.7. The molecular formula is C22H27N5O4S. The van der Waals surface area contributed by atoms with Gasteiger partial charge < -0.3 is 0 Å². The van der Waals surface area contributed by atoms with Gasteiger partial charge in [-0.1, -0.05) is 6.42 Å². The largest absolute Gasteiger partial charge is 0.331 e. The van der Waals surface area contributed by atoms with Crippen LogP contribution >= 0.6 is 0 Å². The molecule has 0 atom stereocenters. The quantitative estimate of drug-likeness (QED) is 0.580. The number of fused-ring (bicyclic) bond motifs is 1. The van der Waals surface area contributed by atoms with Crippen LogP contribution in [0.3, 0.4) is 0 Å². The van der Waals surface area contributed by atoms with Gasteiger partial charge in [-0.3, -0.25) is 18.6 Å². The number of rotatable bonds is 7. The molecule has 2 aliphatic rings. The molecule has 170 valence electrons. The Labute approximate surface area is 185 Å². The Hall–Kier alpha value is -2.72. The Bertz CT molecular complexity index is 1420. The van der Waals surface area contributed by atoms with Crippen molar-refractivity contribution in [3.05, 3.63) is 57.0 Å². The third-order valence-electron chi connectivity index (χ3n) is 6.65. The van der Waals surface area contributed by atoms with Gasteiger partial charge in [0.2, 0.25) is 10.0 Å². The van der Waals surface area contributed by atoms with Gasteiger partial charge in [0, 0.05) is 30.9 Å². The smallest absolute Gasteiger partial charge is 0.293 e. The second-order valence-corrected chi connectivity index (χ2v) is 11.1. The molecule has 0 bridgehead atoms. The Morgan fingerprint density at radius 3 is 2.53 bits per heavy atom. The zero-order valence-electron chi connectivity index (χ0n) is 18.2. The summed E-state index contributed by atoms with van der Waals surface area (Å²) in [6, 6.07) is 4.48. The van der Waals surface area contributed by atoms with Crippen molar-refractivity contribution in [3.63, 3.8) is 0 Å². The van der Waals surface area contributed by atoms with Crippen molar-refractivity contribution in [1.82, 2.24) is 23.6 Å². The summed E-state index contributed by atoms with van der Waals surface area (Å²) < 4.78 is 33.0. The lowest BCUT2D eigenvalue weighted by molar-refractivity contribution is 0.274. The minimum Gasteiger partial charge on any atom is -0.293 e. The molecule has 2 aromatic heterocycles. The number of benzene rings is 1. The SMILES string of the molecule is Cn1cc(Cn2c(=O)c3cc(S(=O)(=O)NC4(C)CC4)ccc3n(CC3CCC3)c2=O)cn1. The zero-order valence-corrected chi connectivity index (χ0v) is 19.1. The Morgan fingerprint density at radius 2 is 1.94 bits per heavy atom. The van der Waals surface area contributed by atoms with Crippen LogP contribution in [0.2, 0.25) is 0 Å². The van der Waals surface area contributed by atoms with E-state index in [9.17, 15) is 18.0 Å². The fourth-order valence-electron chi connectivity index (χ4n) is 4.23. The van der Waals surface area contributed by atoms with Crippen molar-refractivity contribution in [2.24, 2.45) is 13.0 Å². The average Bonchev–Trinajstić information content (AvgIpc) is 3.27. The van der Waals surface area contributed by atoms with E-state index >= 15 is 0 Å². The van der Waals surface area contributed by atoms with Gasteiger partial charge in [-0.15, -0.1) is 0 Å². The van der Waals surface area contributed by atoms with Crippen molar-refractivity contribution < 1.29 is 8.42 Å². The van der Waals surface area contributed by atoms with Crippen LogP contribution in [0.4, 0.5) is 0 Å². The minimum absolute atomic E-state index is 0.0389. The highest BCUT2D eigenvalue weighted by Crippen LogP contribution is 2.36. The molecule has 32 heavy (non-hydrogen) atoms. The molecule has 2 heterocycles. The summed E-state index contributed by atoms with van der Waals surface area (Å²) in [5.41, 5.74) is -0.0812. The normalized spacial score (nSPS) is 18.1. The van der Waals surface area contributed by atoms with Gasteiger partial charge in [-0.25, -0.2) is 17.9 Å². The Kier molecular flexibility index (Phi) is 4.90. The summed E-state index contributed by atoms with van der Waals surface area (Å²) in [6.45, 7) is 2.47. The highest BCUT2D eigenvalue weighted by molar-refractivity contribution is 7.89. The second kappa shape index (κ2) is 7.41. The molecule has 9 nitrogen and oxygen atoms in total. The number of aromatic nitrogens is 4. The fourth-order valence-corrected chi connectivity index (χ4v) is 5.72. The number of hydrogen-bond acceptors (Lipinski definition) is 5. The van der Waals surface area contributed by atoms with Gasteiger partial charge in [0.15, 0.2) is 0 Å². The van der Waals surface area contributed by atoms with E-state index < -0.39 is 21.1 Å². The first-order valence-electron chi connectivity index (χ1n) is 10.9. The van der Waals surface area contributed by atoms with Gasteiger partial charge in [0.05, 0.1) is 28.5 Å².